The average molecular weight is 148 g/mol. The van der Waals surface area contributed by atoms with Crippen LogP contribution in [-0.2, 0) is 9.31 Å². The van der Waals surface area contributed by atoms with Crippen LogP contribution in [0.2, 0.25) is 0 Å². The minimum Gasteiger partial charge on any atom is -0.574 e. The second-order valence-electron chi connectivity index (χ2n) is 3.15. The average Bonchev–Trinajstić information content (AvgIpc) is 2.21. The molecule has 0 saturated carbocycles. The maximum atomic E-state index is 5.46. The molecule has 2 saturated heterocycles. The predicted octanol–water partition coefficient (Wildman–Crippen LogP) is -2.89. The molecule has 0 spiro atoms. The zero-order valence-electron chi connectivity index (χ0n) is 7.41. The van der Waals surface area contributed by atoms with Crippen molar-refractivity contribution in [2.24, 2.45) is 0 Å². The van der Waals surface area contributed by atoms with Crippen molar-refractivity contribution in [3.63, 3.8) is 0 Å². The molecule has 11 heavy (non-hydrogen) atoms. The third-order valence-electron chi connectivity index (χ3n) is 1.98. The summed E-state index contributed by atoms with van der Waals surface area (Å²) in [5.74, 6) is 0. The van der Waals surface area contributed by atoms with E-state index in [-0.39, 0.29) is 26.1 Å². The summed E-state index contributed by atoms with van der Waals surface area (Å²) in [5, 5.41) is 0. The van der Waals surface area contributed by atoms with Crippen molar-refractivity contribution >= 4 is 7.25 Å². The van der Waals surface area contributed by atoms with Crippen molar-refractivity contribution in [1.82, 2.24) is 4.81 Å². The van der Waals surface area contributed by atoms with Gasteiger partial charge in [-0.2, -0.15) is 0 Å². The maximum Gasteiger partial charge on any atom is 1.00 e. The summed E-state index contributed by atoms with van der Waals surface area (Å²) in [4.78, 5) is 2.23. The molecule has 0 aromatic rings. The molecule has 0 bridgehead atoms. The molecule has 57 valence electrons. The first-order chi connectivity index (χ1) is 4.75. The van der Waals surface area contributed by atoms with Crippen molar-refractivity contribution in [1.29, 1.82) is 0 Å². The van der Waals surface area contributed by atoms with Crippen LogP contribution in [0.5, 0.6) is 0 Å². The van der Waals surface area contributed by atoms with E-state index >= 15 is 0 Å². The molecule has 1 radical (unpaired) electrons. The Labute approximate surface area is 79.8 Å². The first-order valence-electron chi connectivity index (χ1n) is 3.80. The van der Waals surface area contributed by atoms with Gasteiger partial charge in [-0.05, 0) is 26.9 Å². The summed E-state index contributed by atoms with van der Waals surface area (Å²) in [6.07, 6.45) is 0.690. The van der Waals surface area contributed by atoms with Crippen LogP contribution in [0.25, 0.3) is 0 Å². The number of fused-ring (bicyclic) bond motifs is 1. The van der Waals surface area contributed by atoms with Gasteiger partial charge in [0.1, 0.15) is 0 Å². The van der Waals surface area contributed by atoms with Gasteiger partial charge in [-0.1, -0.05) is 0 Å². The van der Waals surface area contributed by atoms with Crippen LogP contribution in [-0.4, -0.2) is 37.4 Å². The molecule has 2 aliphatic heterocycles. The Bertz CT molecular complexity index is 121. The van der Waals surface area contributed by atoms with E-state index in [1.54, 1.807) is 0 Å². The Kier molecular flexibility index (Phi) is 3.07. The number of hydrogen-bond donors (Lipinski definition) is 0. The molecule has 0 unspecified atom stereocenters. The van der Waals surface area contributed by atoms with Gasteiger partial charge in [-0.3, -0.25) is 0 Å². The minimum atomic E-state index is -0.0370. The van der Waals surface area contributed by atoms with Gasteiger partial charge in [0.05, 0.1) is 0 Å². The van der Waals surface area contributed by atoms with E-state index in [4.69, 9.17) is 9.31 Å². The summed E-state index contributed by atoms with van der Waals surface area (Å²) in [7, 11) is -0.0370. The van der Waals surface area contributed by atoms with Crippen molar-refractivity contribution in [3.05, 3.63) is 0 Å². The van der Waals surface area contributed by atoms with E-state index in [1.807, 2.05) is 0 Å². The van der Waals surface area contributed by atoms with E-state index in [0.717, 1.165) is 13.1 Å². The first-order valence-corrected chi connectivity index (χ1v) is 3.80. The molecule has 0 N–H and O–H groups in total. The van der Waals surface area contributed by atoms with Gasteiger partial charge in [0.25, 0.3) is 0 Å². The Morgan fingerprint density at radius 2 is 1.64 bits per heavy atom. The van der Waals surface area contributed by atoms with E-state index in [1.165, 1.54) is 0 Å². The molecular weight excluding hydrogens is 136 g/mol. The summed E-state index contributed by atoms with van der Waals surface area (Å²) in [5.41, 5.74) is 0. The maximum absolute atomic E-state index is 5.46. The molecule has 2 heterocycles. The van der Waals surface area contributed by atoms with Crippen molar-refractivity contribution < 1.29 is 28.2 Å². The number of rotatable bonds is 0. The molecular formula is C6H12BLiNO2. The van der Waals surface area contributed by atoms with Gasteiger partial charge < -0.3 is 14.1 Å². The third kappa shape index (κ3) is 1.82. The monoisotopic (exact) mass is 148 g/mol. The summed E-state index contributed by atoms with van der Waals surface area (Å²) < 4.78 is 10.9. The summed E-state index contributed by atoms with van der Waals surface area (Å²) in [6.45, 7) is 6.20. The van der Waals surface area contributed by atoms with Gasteiger partial charge in [0.15, 0.2) is 0 Å². The van der Waals surface area contributed by atoms with Gasteiger partial charge in [-0.15, -0.1) is 0 Å². The molecule has 2 aliphatic rings. The van der Waals surface area contributed by atoms with Gasteiger partial charge in [0.2, 0.25) is 7.25 Å². The van der Waals surface area contributed by atoms with Crippen molar-refractivity contribution in [3.8, 4) is 0 Å². The Balaban J connectivity index is 0.000000605. The van der Waals surface area contributed by atoms with E-state index in [0.29, 0.717) is 12.2 Å². The normalized spacial score (nSPS) is 38.7. The van der Waals surface area contributed by atoms with Crippen LogP contribution in [0, 0.1) is 0 Å². The molecule has 5 heteroatoms. The fourth-order valence-electron chi connectivity index (χ4n) is 1.59. The van der Waals surface area contributed by atoms with Gasteiger partial charge in [0, 0.05) is 12.2 Å². The SMILES string of the molecule is C[C@H]1CN2C[C@H](C)O[B-]2O1.[Li+]. The molecule has 3 nitrogen and oxygen atoms in total. The molecule has 0 aliphatic carbocycles. The van der Waals surface area contributed by atoms with E-state index in [2.05, 4.69) is 18.7 Å². The number of nitrogens with zero attached hydrogens (tertiary/aromatic N) is 1. The standard InChI is InChI=1S/C6H12BNO2.Li/c1-5-3-8-4-6(2)10-7(8)9-5;/h5-6H,3-4H2,1-2H3;/q-1;+1/t5-,6-;/m0./s1. The van der Waals surface area contributed by atoms with Gasteiger partial charge in [-0.25, -0.2) is 0 Å². The topological polar surface area (TPSA) is 21.7 Å². The minimum absolute atomic E-state index is 0. The van der Waals surface area contributed by atoms with Crippen molar-refractivity contribution in [2.45, 2.75) is 26.1 Å². The van der Waals surface area contributed by atoms with Crippen LogP contribution >= 0.6 is 0 Å². The van der Waals surface area contributed by atoms with Gasteiger partial charge >= 0.3 is 18.9 Å². The van der Waals surface area contributed by atoms with Crippen LogP contribution in [0.15, 0.2) is 0 Å². The molecule has 0 aromatic carbocycles. The smallest absolute Gasteiger partial charge is 0.574 e. The van der Waals surface area contributed by atoms with Crippen LogP contribution < -0.4 is 18.9 Å². The Morgan fingerprint density at radius 3 is 2.00 bits per heavy atom. The Hall–Kier alpha value is 0.542. The second-order valence-corrected chi connectivity index (χ2v) is 3.15. The first kappa shape index (κ1) is 9.63. The van der Waals surface area contributed by atoms with Crippen molar-refractivity contribution in [2.75, 3.05) is 13.1 Å². The molecule has 2 atom stereocenters. The largest absolute Gasteiger partial charge is 1.00 e. The Morgan fingerprint density at radius 1 is 1.18 bits per heavy atom. The quantitative estimate of drug-likeness (QED) is 0.344. The summed E-state index contributed by atoms with van der Waals surface area (Å²) >= 11 is 0. The molecule has 2 rings (SSSR count). The van der Waals surface area contributed by atoms with Crippen LogP contribution in [0.3, 0.4) is 0 Å². The van der Waals surface area contributed by atoms with E-state index in [9.17, 15) is 0 Å². The zero-order chi connectivity index (χ0) is 7.14. The van der Waals surface area contributed by atoms with E-state index < -0.39 is 0 Å². The molecule has 0 aromatic heterocycles. The third-order valence-corrected chi connectivity index (χ3v) is 1.98. The molecule has 0 amide bonds. The van der Waals surface area contributed by atoms with Crippen LogP contribution in [0.1, 0.15) is 13.8 Å². The zero-order valence-corrected chi connectivity index (χ0v) is 7.41. The summed E-state index contributed by atoms with van der Waals surface area (Å²) in [6, 6.07) is 0. The molecule has 2 fully saturated rings. The predicted molar refractivity (Wildman–Crippen MR) is 38.4 cm³/mol. The fraction of sp³-hybridized carbons (Fsp3) is 1.00. The van der Waals surface area contributed by atoms with Crippen LogP contribution in [0.4, 0.5) is 0 Å². The fourth-order valence-corrected chi connectivity index (χ4v) is 1.59. The second kappa shape index (κ2) is 3.51. The number of hydrogen-bond acceptors (Lipinski definition) is 3.